The highest BCUT2D eigenvalue weighted by Gasteiger charge is 2.37. The van der Waals surface area contributed by atoms with Crippen molar-refractivity contribution in [3.05, 3.63) is 18.1 Å². The van der Waals surface area contributed by atoms with Gasteiger partial charge in [0.25, 0.3) is 0 Å². The van der Waals surface area contributed by atoms with Crippen molar-refractivity contribution in [2.75, 3.05) is 18.4 Å². The van der Waals surface area contributed by atoms with Gasteiger partial charge in [-0.05, 0) is 38.5 Å². The molecule has 3 rings (SSSR count). The quantitative estimate of drug-likeness (QED) is 0.923. The van der Waals surface area contributed by atoms with Crippen molar-refractivity contribution < 1.29 is 4.79 Å². The van der Waals surface area contributed by atoms with Crippen LogP contribution in [0.2, 0.25) is 0 Å². The third-order valence-corrected chi connectivity index (χ3v) is 4.59. The molecule has 0 spiro atoms. The topological polar surface area (TPSA) is 58.1 Å². The molecule has 0 unspecified atom stereocenters. The minimum atomic E-state index is 0.216. The number of likely N-dealkylation sites (tertiary alicyclic amines) is 1. The average Bonchev–Trinajstić information content (AvgIpc) is 2.51. The normalized spacial score (nSPS) is 25.3. The Morgan fingerprint density at radius 3 is 2.76 bits per heavy atom. The highest BCUT2D eigenvalue weighted by atomic mass is 16.2. The first kappa shape index (κ1) is 14.3. The van der Waals surface area contributed by atoms with Crippen LogP contribution in [0.5, 0.6) is 0 Å². The molecule has 0 aromatic carbocycles. The summed E-state index contributed by atoms with van der Waals surface area (Å²) in [6, 6.07) is 2.38. The van der Waals surface area contributed by atoms with Crippen LogP contribution in [0.25, 0.3) is 0 Å². The van der Waals surface area contributed by atoms with Crippen molar-refractivity contribution in [1.82, 2.24) is 14.9 Å². The highest BCUT2D eigenvalue weighted by Crippen LogP contribution is 2.32. The molecule has 1 N–H and O–H groups in total. The third kappa shape index (κ3) is 3.34. The van der Waals surface area contributed by atoms with Crippen molar-refractivity contribution in [3.8, 4) is 0 Å². The van der Waals surface area contributed by atoms with E-state index in [1.165, 1.54) is 19.3 Å². The monoisotopic (exact) mass is 288 g/mol. The van der Waals surface area contributed by atoms with Gasteiger partial charge in [0.2, 0.25) is 5.91 Å². The first-order valence-electron chi connectivity index (χ1n) is 8.12. The van der Waals surface area contributed by atoms with Gasteiger partial charge in [0.05, 0.1) is 0 Å². The predicted octanol–water partition coefficient (Wildman–Crippen LogP) is 2.24. The minimum absolute atomic E-state index is 0.216. The number of anilines is 1. The molecule has 1 aliphatic carbocycles. The minimum Gasteiger partial charge on any atom is -0.367 e. The number of carbonyl (C=O) groups excluding carboxylic acids is 1. The summed E-state index contributed by atoms with van der Waals surface area (Å²) >= 11 is 0. The number of hydrogen-bond acceptors (Lipinski definition) is 4. The molecular formula is C16H24N4O. The van der Waals surface area contributed by atoms with Gasteiger partial charge < -0.3 is 10.2 Å². The Labute approximate surface area is 126 Å². The summed E-state index contributed by atoms with van der Waals surface area (Å²) in [6.07, 6.45) is 7.99. The fourth-order valence-corrected chi connectivity index (χ4v) is 3.19. The van der Waals surface area contributed by atoms with E-state index in [2.05, 4.69) is 27.1 Å². The molecule has 5 heteroatoms. The van der Waals surface area contributed by atoms with Crippen molar-refractivity contribution >= 4 is 11.7 Å². The van der Waals surface area contributed by atoms with Crippen LogP contribution in [-0.4, -0.2) is 39.9 Å². The molecular weight excluding hydrogens is 264 g/mol. The lowest BCUT2D eigenvalue weighted by Crippen LogP contribution is -2.47. The maximum atomic E-state index is 12.4. The van der Waals surface area contributed by atoms with Crippen molar-refractivity contribution in [2.45, 2.75) is 51.5 Å². The number of piperidine rings is 1. The number of carbonyl (C=O) groups is 1. The number of hydrogen-bond donors (Lipinski definition) is 1. The Morgan fingerprint density at radius 2 is 2.05 bits per heavy atom. The van der Waals surface area contributed by atoms with E-state index in [-0.39, 0.29) is 5.92 Å². The fraction of sp³-hybridized carbons (Fsp3) is 0.688. The van der Waals surface area contributed by atoms with Crippen LogP contribution < -0.4 is 5.32 Å². The molecule has 1 aliphatic heterocycles. The summed E-state index contributed by atoms with van der Waals surface area (Å²) in [6.45, 7) is 4.00. The molecule has 5 nitrogen and oxygen atoms in total. The van der Waals surface area contributed by atoms with E-state index < -0.39 is 0 Å². The summed E-state index contributed by atoms with van der Waals surface area (Å²) < 4.78 is 0. The van der Waals surface area contributed by atoms with Crippen LogP contribution in [0.15, 0.2) is 12.4 Å². The van der Waals surface area contributed by atoms with Crippen LogP contribution >= 0.6 is 0 Å². The fourth-order valence-electron chi connectivity index (χ4n) is 3.19. The summed E-state index contributed by atoms with van der Waals surface area (Å²) in [4.78, 5) is 22.9. The molecule has 21 heavy (non-hydrogen) atoms. The van der Waals surface area contributed by atoms with Crippen LogP contribution in [0.4, 0.5) is 5.82 Å². The van der Waals surface area contributed by atoms with Gasteiger partial charge in [-0.1, -0.05) is 6.92 Å². The molecule has 2 aliphatic rings. The standard InChI is InChI=1S/C16H24N4O/c1-2-13-10-15(18-11-17-13)19-14-8-12(9-14)16(21)20-6-4-3-5-7-20/h10-12,14H,2-9H2,1H3,(H,17,18,19). The number of amides is 1. The molecule has 2 fully saturated rings. The van der Waals surface area contributed by atoms with Gasteiger partial charge in [-0.15, -0.1) is 0 Å². The molecule has 0 radical (unpaired) electrons. The number of aromatic nitrogens is 2. The van der Waals surface area contributed by atoms with Crippen LogP contribution in [0.3, 0.4) is 0 Å². The van der Waals surface area contributed by atoms with Gasteiger partial charge in [0.15, 0.2) is 0 Å². The van der Waals surface area contributed by atoms with Crippen LogP contribution in [-0.2, 0) is 11.2 Å². The van der Waals surface area contributed by atoms with Crippen LogP contribution in [0, 0.1) is 5.92 Å². The molecule has 1 saturated heterocycles. The Hall–Kier alpha value is -1.65. The largest absolute Gasteiger partial charge is 0.367 e. The van der Waals surface area contributed by atoms with E-state index in [4.69, 9.17) is 0 Å². The lowest BCUT2D eigenvalue weighted by Gasteiger charge is -2.39. The van der Waals surface area contributed by atoms with E-state index >= 15 is 0 Å². The first-order chi connectivity index (χ1) is 10.3. The second kappa shape index (κ2) is 6.41. The van der Waals surface area contributed by atoms with Crippen molar-refractivity contribution in [2.24, 2.45) is 5.92 Å². The van der Waals surface area contributed by atoms with Crippen LogP contribution in [0.1, 0.15) is 44.7 Å². The highest BCUT2D eigenvalue weighted by molar-refractivity contribution is 5.80. The second-order valence-corrected chi connectivity index (χ2v) is 6.14. The molecule has 2 heterocycles. The smallest absolute Gasteiger partial charge is 0.225 e. The second-order valence-electron chi connectivity index (χ2n) is 6.14. The summed E-state index contributed by atoms with van der Waals surface area (Å²) in [5.74, 6) is 1.47. The number of rotatable bonds is 4. The Kier molecular flexibility index (Phi) is 4.36. The summed E-state index contributed by atoms with van der Waals surface area (Å²) in [7, 11) is 0. The lowest BCUT2D eigenvalue weighted by atomic mass is 9.79. The maximum absolute atomic E-state index is 12.4. The van der Waals surface area contributed by atoms with E-state index in [9.17, 15) is 4.79 Å². The number of nitrogens with zero attached hydrogens (tertiary/aromatic N) is 3. The van der Waals surface area contributed by atoms with Gasteiger partial charge in [-0.3, -0.25) is 4.79 Å². The molecule has 1 amide bonds. The van der Waals surface area contributed by atoms with Crippen molar-refractivity contribution in [3.63, 3.8) is 0 Å². The van der Waals surface area contributed by atoms with Gasteiger partial charge >= 0.3 is 0 Å². The summed E-state index contributed by atoms with van der Waals surface area (Å²) in [5.41, 5.74) is 1.05. The Bertz CT molecular complexity index is 493. The van der Waals surface area contributed by atoms with E-state index in [0.717, 1.165) is 43.9 Å². The summed E-state index contributed by atoms with van der Waals surface area (Å²) in [5, 5.41) is 3.42. The van der Waals surface area contributed by atoms with E-state index in [1.54, 1.807) is 6.33 Å². The average molecular weight is 288 g/mol. The van der Waals surface area contributed by atoms with Gasteiger partial charge in [-0.25, -0.2) is 9.97 Å². The van der Waals surface area contributed by atoms with Crippen molar-refractivity contribution in [1.29, 1.82) is 0 Å². The zero-order chi connectivity index (χ0) is 14.7. The zero-order valence-corrected chi connectivity index (χ0v) is 12.7. The lowest BCUT2D eigenvalue weighted by molar-refractivity contribution is -0.139. The molecule has 1 aromatic heterocycles. The van der Waals surface area contributed by atoms with Gasteiger partial charge in [-0.2, -0.15) is 0 Å². The van der Waals surface area contributed by atoms with E-state index in [0.29, 0.717) is 11.9 Å². The Morgan fingerprint density at radius 1 is 1.29 bits per heavy atom. The zero-order valence-electron chi connectivity index (χ0n) is 12.7. The van der Waals surface area contributed by atoms with Gasteiger partial charge in [0, 0.05) is 36.8 Å². The molecule has 0 atom stereocenters. The molecule has 1 saturated carbocycles. The molecule has 114 valence electrons. The van der Waals surface area contributed by atoms with E-state index in [1.807, 2.05) is 6.07 Å². The maximum Gasteiger partial charge on any atom is 0.225 e. The van der Waals surface area contributed by atoms with Gasteiger partial charge in [0.1, 0.15) is 12.1 Å². The molecule has 1 aromatic rings. The Balaban J connectivity index is 1.47. The first-order valence-corrected chi connectivity index (χ1v) is 8.12. The molecule has 0 bridgehead atoms. The SMILES string of the molecule is CCc1cc(NC2CC(C(=O)N3CCCCC3)C2)ncn1. The number of aryl methyl sites for hydroxylation is 1. The number of nitrogens with one attached hydrogen (secondary N) is 1. The predicted molar refractivity (Wildman–Crippen MR) is 82.0 cm³/mol. The third-order valence-electron chi connectivity index (χ3n) is 4.59.